The van der Waals surface area contributed by atoms with Crippen LogP contribution in [0.3, 0.4) is 0 Å². The molecule has 0 radical (unpaired) electrons. The van der Waals surface area contributed by atoms with E-state index < -0.39 is 0 Å². The summed E-state index contributed by atoms with van der Waals surface area (Å²) in [6.07, 6.45) is 9.16. The van der Waals surface area contributed by atoms with Crippen LogP contribution >= 0.6 is 11.8 Å². The molecule has 2 aliphatic rings. The van der Waals surface area contributed by atoms with E-state index >= 15 is 0 Å². The van der Waals surface area contributed by atoms with Gasteiger partial charge in [0.05, 0.1) is 0 Å². The Labute approximate surface area is 105 Å². The third-order valence-corrected chi connectivity index (χ3v) is 5.25. The Kier molecular flexibility index (Phi) is 4.98. The normalized spacial score (nSPS) is 32.6. The number of fused-ring (bicyclic) bond motifs is 1. The highest BCUT2D eigenvalue weighted by molar-refractivity contribution is 7.99. The largest absolute Gasteiger partial charge is 0.314 e. The second-order valence-electron chi connectivity index (χ2n) is 5.34. The summed E-state index contributed by atoms with van der Waals surface area (Å²) in [5.41, 5.74) is 0. The van der Waals surface area contributed by atoms with Crippen LogP contribution in [0.1, 0.15) is 39.0 Å². The summed E-state index contributed by atoms with van der Waals surface area (Å²) in [6.45, 7) is 6.23. The lowest BCUT2D eigenvalue weighted by Crippen LogP contribution is -2.46. The maximum absolute atomic E-state index is 3.76. The van der Waals surface area contributed by atoms with Crippen LogP contribution in [-0.4, -0.2) is 48.1 Å². The van der Waals surface area contributed by atoms with E-state index in [1.54, 1.807) is 0 Å². The molecular weight excluding hydrogens is 216 g/mol. The third-order valence-electron chi connectivity index (χ3n) is 4.21. The second kappa shape index (κ2) is 6.27. The molecule has 1 N–H and O–H groups in total. The van der Waals surface area contributed by atoms with Crippen molar-refractivity contribution < 1.29 is 0 Å². The highest BCUT2D eigenvalue weighted by atomic mass is 32.2. The lowest BCUT2D eigenvalue weighted by atomic mass is 9.97. The number of hydrogen-bond acceptors (Lipinski definition) is 3. The fourth-order valence-electron chi connectivity index (χ4n) is 3.02. The van der Waals surface area contributed by atoms with Gasteiger partial charge in [0.1, 0.15) is 0 Å². The molecule has 0 aromatic rings. The third kappa shape index (κ3) is 3.38. The van der Waals surface area contributed by atoms with E-state index in [0.717, 1.165) is 17.3 Å². The monoisotopic (exact) mass is 242 g/mol. The molecular formula is C13H26N2S. The minimum absolute atomic E-state index is 0.799. The first-order chi connectivity index (χ1) is 7.79. The minimum atomic E-state index is 0.799. The average molecular weight is 242 g/mol. The molecule has 2 fully saturated rings. The van der Waals surface area contributed by atoms with Crippen LogP contribution in [0.5, 0.6) is 0 Å². The fourth-order valence-corrected chi connectivity index (χ4v) is 3.37. The maximum Gasteiger partial charge on any atom is 0.0111 e. The second-order valence-corrected chi connectivity index (χ2v) is 6.62. The summed E-state index contributed by atoms with van der Waals surface area (Å²) in [6, 6.07) is 1.71. The summed E-state index contributed by atoms with van der Waals surface area (Å²) < 4.78 is 0. The lowest BCUT2D eigenvalue weighted by Gasteiger charge is -2.35. The van der Waals surface area contributed by atoms with E-state index in [-0.39, 0.29) is 0 Å². The van der Waals surface area contributed by atoms with Gasteiger partial charge < -0.3 is 10.2 Å². The van der Waals surface area contributed by atoms with Crippen molar-refractivity contribution in [2.45, 2.75) is 56.4 Å². The smallest absolute Gasteiger partial charge is 0.0111 e. The first-order valence-corrected chi connectivity index (χ1v) is 8.08. The molecule has 94 valence electrons. The molecule has 3 atom stereocenters. The lowest BCUT2D eigenvalue weighted by molar-refractivity contribution is 0.167. The van der Waals surface area contributed by atoms with Crippen molar-refractivity contribution in [3.8, 4) is 0 Å². The van der Waals surface area contributed by atoms with Crippen molar-refractivity contribution in [3.05, 3.63) is 0 Å². The molecule has 0 spiro atoms. The number of nitrogens with zero attached hydrogens (tertiary/aromatic N) is 1. The van der Waals surface area contributed by atoms with Gasteiger partial charge in [-0.25, -0.2) is 0 Å². The van der Waals surface area contributed by atoms with Crippen molar-refractivity contribution >= 4 is 11.8 Å². The molecule has 3 heteroatoms. The molecule has 3 unspecified atom stereocenters. The summed E-state index contributed by atoms with van der Waals surface area (Å²) in [7, 11) is 0. The van der Waals surface area contributed by atoms with Crippen LogP contribution < -0.4 is 5.32 Å². The van der Waals surface area contributed by atoms with Crippen LogP contribution in [0.2, 0.25) is 0 Å². The predicted octanol–water partition coefficient (Wildman–Crippen LogP) is 2.34. The Morgan fingerprint density at radius 2 is 2.25 bits per heavy atom. The number of thioether (sulfide) groups is 1. The van der Waals surface area contributed by atoms with Crippen molar-refractivity contribution in [1.82, 2.24) is 10.2 Å². The molecule has 2 nitrogen and oxygen atoms in total. The first kappa shape index (κ1) is 12.7. The molecule has 2 heterocycles. The molecule has 16 heavy (non-hydrogen) atoms. The molecule has 0 amide bonds. The Hall–Kier alpha value is 0.270. The van der Waals surface area contributed by atoms with Gasteiger partial charge in [0, 0.05) is 17.3 Å². The van der Waals surface area contributed by atoms with Crippen LogP contribution in [0, 0.1) is 0 Å². The first-order valence-electron chi connectivity index (χ1n) is 6.80. The van der Waals surface area contributed by atoms with E-state index in [0.29, 0.717) is 0 Å². The Morgan fingerprint density at radius 3 is 3.06 bits per heavy atom. The summed E-state index contributed by atoms with van der Waals surface area (Å²) in [4.78, 5) is 2.70. The van der Waals surface area contributed by atoms with Crippen molar-refractivity contribution in [3.63, 3.8) is 0 Å². The number of piperidine rings is 1. The Bertz CT molecular complexity index is 210. The average Bonchev–Trinajstić information content (AvgIpc) is 2.76. The molecule has 0 aromatic carbocycles. The molecule has 0 aromatic heterocycles. The van der Waals surface area contributed by atoms with Gasteiger partial charge in [-0.05, 0) is 58.0 Å². The van der Waals surface area contributed by atoms with E-state index in [9.17, 15) is 0 Å². The SMILES string of the molecule is CSC(C)CCNC1CCN2CCCC2C1. The van der Waals surface area contributed by atoms with Gasteiger partial charge in [0.2, 0.25) is 0 Å². The van der Waals surface area contributed by atoms with Crippen molar-refractivity contribution in [2.24, 2.45) is 0 Å². The van der Waals surface area contributed by atoms with Gasteiger partial charge in [0.15, 0.2) is 0 Å². The van der Waals surface area contributed by atoms with Crippen LogP contribution in [-0.2, 0) is 0 Å². The zero-order valence-electron chi connectivity index (χ0n) is 10.7. The quantitative estimate of drug-likeness (QED) is 0.797. The van der Waals surface area contributed by atoms with Gasteiger partial charge in [-0.3, -0.25) is 0 Å². The Morgan fingerprint density at radius 1 is 1.38 bits per heavy atom. The van der Waals surface area contributed by atoms with Crippen LogP contribution in [0.25, 0.3) is 0 Å². The molecule has 2 aliphatic heterocycles. The zero-order valence-corrected chi connectivity index (χ0v) is 11.6. The zero-order chi connectivity index (χ0) is 11.4. The van der Waals surface area contributed by atoms with Gasteiger partial charge >= 0.3 is 0 Å². The summed E-state index contributed by atoms with van der Waals surface area (Å²) >= 11 is 1.98. The summed E-state index contributed by atoms with van der Waals surface area (Å²) in [5.74, 6) is 0. The number of rotatable bonds is 5. The van der Waals surface area contributed by atoms with Crippen LogP contribution in [0.4, 0.5) is 0 Å². The van der Waals surface area contributed by atoms with E-state index in [4.69, 9.17) is 0 Å². The molecule has 2 saturated heterocycles. The number of hydrogen-bond donors (Lipinski definition) is 1. The fraction of sp³-hybridized carbons (Fsp3) is 1.00. The molecule has 0 bridgehead atoms. The van der Waals surface area contributed by atoms with Crippen LogP contribution in [0.15, 0.2) is 0 Å². The Balaban J connectivity index is 1.63. The standard InChI is InChI=1S/C13H26N2S/c1-11(16-2)5-7-14-12-6-9-15-8-3-4-13(15)10-12/h11-14H,3-10H2,1-2H3. The summed E-state index contributed by atoms with van der Waals surface area (Å²) in [5, 5.41) is 4.56. The molecule has 0 saturated carbocycles. The van der Waals surface area contributed by atoms with E-state index in [2.05, 4.69) is 23.4 Å². The topological polar surface area (TPSA) is 15.3 Å². The van der Waals surface area contributed by atoms with E-state index in [1.807, 2.05) is 11.8 Å². The van der Waals surface area contributed by atoms with Crippen molar-refractivity contribution in [1.29, 1.82) is 0 Å². The maximum atomic E-state index is 3.76. The van der Waals surface area contributed by atoms with Gasteiger partial charge in [-0.2, -0.15) is 11.8 Å². The highest BCUT2D eigenvalue weighted by Gasteiger charge is 2.31. The predicted molar refractivity (Wildman–Crippen MR) is 73.2 cm³/mol. The molecule has 2 rings (SSSR count). The van der Waals surface area contributed by atoms with Gasteiger partial charge in [0.25, 0.3) is 0 Å². The number of nitrogens with one attached hydrogen (secondary N) is 1. The van der Waals surface area contributed by atoms with Gasteiger partial charge in [-0.15, -0.1) is 0 Å². The van der Waals surface area contributed by atoms with Crippen molar-refractivity contribution in [2.75, 3.05) is 25.9 Å². The van der Waals surface area contributed by atoms with Gasteiger partial charge in [-0.1, -0.05) is 6.92 Å². The highest BCUT2D eigenvalue weighted by Crippen LogP contribution is 2.26. The van der Waals surface area contributed by atoms with E-state index in [1.165, 1.54) is 51.7 Å². The minimum Gasteiger partial charge on any atom is -0.314 e. The molecule has 0 aliphatic carbocycles.